The standard InChI is InChI=1S/C5H10F3NO.ClH/c1-10-3-4(9)2-5(6,7)8;/h4H,2-3,9H2,1H3;1H. The van der Waals surface area contributed by atoms with E-state index in [1.165, 1.54) is 7.11 Å². The molecule has 0 aromatic rings. The lowest BCUT2D eigenvalue weighted by molar-refractivity contribution is -0.140. The Labute approximate surface area is 69.3 Å². The van der Waals surface area contributed by atoms with Gasteiger partial charge in [0.05, 0.1) is 13.0 Å². The van der Waals surface area contributed by atoms with Crippen LogP contribution in [0.3, 0.4) is 0 Å². The Kier molecular flexibility index (Phi) is 6.94. The van der Waals surface area contributed by atoms with E-state index >= 15 is 0 Å². The molecule has 0 aliphatic rings. The molecule has 70 valence electrons. The highest BCUT2D eigenvalue weighted by atomic mass is 35.5. The Bertz CT molecular complexity index is 98.2. The van der Waals surface area contributed by atoms with Crippen molar-refractivity contribution in [3.05, 3.63) is 0 Å². The van der Waals surface area contributed by atoms with Crippen molar-refractivity contribution in [2.45, 2.75) is 18.6 Å². The van der Waals surface area contributed by atoms with Gasteiger partial charge in [-0.25, -0.2) is 0 Å². The van der Waals surface area contributed by atoms with Crippen molar-refractivity contribution >= 4 is 12.4 Å². The molecule has 0 spiro atoms. The fraction of sp³-hybridized carbons (Fsp3) is 1.00. The zero-order valence-electron chi connectivity index (χ0n) is 6.02. The zero-order chi connectivity index (χ0) is 8.20. The van der Waals surface area contributed by atoms with Crippen molar-refractivity contribution in [2.75, 3.05) is 13.7 Å². The highest BCUT2D eigenvalue weighted by molar-refractivity contribution is 5.85. The Balaban J connectivity index is 0. The molecular formula is C5H11ClF3NO. The van der Waals surface area contributed by atoms with Gasteiger partial charge in [-0.2, -0.15) is 13.2 Å². The van der Waals surface area contributed by atoms with Crippen LogP contribution in [-0.4, -0.2) is 25.9 Å². The number of rotatable bonds is 3. The molecule has 0 saturated heterocycles. The molecule has 2 N–H and O–H groups in total. The van der Waals surface area contributed by atoms with E-state index in [1.54, 1.807) is 0 Å². The topological polar surface area (TPSA) is 35.2 Å². The lowest BCUT2D eigenvalue weighted by atomic mass is 10.2. The second-order valence-corrected chi connectivity index (χ2v) is 2.03. The van der Waals surface area contributed by atoms with Gasteiger partial charge < -0.3 is 10.5 Å². The molecule has 2 nitrogen and oxygen atoms in total. The highest BCUT2D eigenvalue weighted by Gasteiger charge is 2.29. The quantitative estimate of drug-likeness (QED) is 0.734. The van der Waals surface area contributed by atoms with E-state index in [0.29, 0.717) is 0 Å². The average Bonchev–Trinajstić information content (AvgIpc) is 1.59. The van der Waals surface area contributed by atoms with Crippen LogP contribution in [0, 0.1) is 0 Å². The van der Waals surface area contributed by atoms with Gasteiger partial charge in [-0.05, 0) is 0 Å². The molecule has 0 aliphatic heterocycles. The summed E-state index contributed by atoms with van der Waals surface area (Å²) in [6.07, 6.45) is -5.17. The van der Waals surface area contributed by atoms with Crippen LogP contribution in [0.5, 0.6) is 0 Å². The van der Waals surface area contributed by atoms with Crippen LogP contribution < -0.4 is 5.73 Å². The summed E-state index contributed by atoms with van der Waals surface area (Å²) in [5.74, 6) is 0. The smallest absolute Gasteiger partial charge is 0.383 e. The number of alkyl halides is 3. The molecule has 1 unspecified atom stereocenters. The fourth-order valence-electron chi connectivity index (χ4n) is 0.570. The normalized spacial score (nSPS) is 13.9. The summed E-state index contributed by atoms with van der Waals surface area (Å²) in [7, 11) is 1.32. The van der Waals surface area contributed by atoms with Crippen molar-refractivity contribution in [3.8, 4) is 0 Å². The van der Waals surface area contributed by atoms with Crippen LogP contribution >= 0.6 is 12.4 Å². The fourth-order valence-corrected chi connectivity index (χ4v) is 0.570. The van der Waals surface area contributed by atoms with Gasteiger partial charge in [0.15, 0.2) is 0 Å². The summed E-state index contributed by atoms with van der Waals surface area (Å²) in [4.78, 5) is 0. The minimum atomic E-state index is -4.18. The second kappa shape index (κ2) is 5.62. The van der Waals surface area contributed by atoms with Crippen molar-refractivity contribution < 1.29 is 17.9 Å². The van der Waals surface area contributed by atoms with Crippen molar-refractivity contribution in [3.63, 3.8) is 0 Å². The van der Waals surface area contributed by atoms with Crippen LogP contribution in [0.15, 0.2) is 0 Å². The summed E-state index contributed by atoms with van der Waals surface area (Å²) >= 11 is 0. The third kappa shape index (κ3) is 10.0. The van der Waals surface area contributed by atoms with E-state index in [-0.39, 0.29) is 19.0 Å². The minimum absolute atomic E-state index is 0. The molecule has 6 heteroatoms. The molecule has 0 rings (SSSR count). The van der Waals surface area contributed by atoms with Crippen LogP contribution in [0.4, 0.5) is 13.2 Å². The van der Waals surface area contributed by atoms with E-state index in [9.17, 15) is 13.2 Å². The maximum atomic E-state index is 11.5. The maximum absolute atomic E-state index is 11.5. The zero-order valence-corrected chi connectivity index (χ0v) is 6.84. The van der Waals surface area contributed by atoms with Crippen molar-refractivity contribution in [1.29, 1.82) is 0 Å². The van der Waals surface area contributed by atoms with Crippen molar-refractivity contribution in [1.82, 2.24) is 0 Å². The number of halogens is 4. The number of hydrogen-bond donors (Lipinski definition) is 1. The molecule has 1 atom stereocenters. The molecule has 0 saturated carbocycles. The third-order valence-corrected chi connectivity index (χ3v) is 0.874. The summed E-state index contributed by atoms with van der Waals surface area (Å²) in [6, 6.07) is -0.940. The number of hydrogen-bond acceptors (Lipinski definition) is 2. The maximum Gasteiger partial charge on any atom is 0.390 e. The van der Waals surface area contributed by atoms with Gasteiger partial charge in [-0.1, -0.05) is 0 Å². The van der Waals surface area contributed by atoms with Crippen LogP contribution in [0.2, 0.25) is 0 Å². The molecule has 0 fully saturated rings. The highest BCUT2D eigenvalue weighted by Crippen LogP contribution is 2.20. The summed E-state index contributed by atoms with van der Waals surface area (Å²) < 4.78 is 38.9. The van der Waals surface area contributed by atoms with E-state index in [1.807, 2.05) is 0 Å². The average molecular weight is 194 g/mol. The molecule has 0 heterocycles. The Hall–Kier alpha value is -0.0000000000000000555. The molecule has 11 heavy (non-hydrogen) atoms. The molecule has 0 radical (unpaired) electrons. The van der Waals surface area contributed by atoms with Gasteiger partial charge in [-0.15, -0.1) is 12.4 Å². The summed E-state index contributed by atoms with van der Waals surface area (Å²) in [5.41, 5.74) is 5.03. The molecule has 0 aromatic heterocycles. The number of nitrogens with two attached hydrogens (primary N) is 1. The third-order valence-electron chi connectivity index (χ3n) is 0.874. The lowest BCUT2D eigenvalue weighted by Gasteiger charge is -2.12. The van der Waals surface area contributed by atoms with Crippen molar-refractivity contribution in [2.24, 2.45) is 5.73 Å². The van der Waals surface area contributed by atoms with E-state index in [2.05, 4.69) is 4.74 Å². The van der Waals surface area contributed by atoms with Crippen LogP contribution in [-0.2, 0) is 4.74 Å². The number of ether oxygens (including phenoxy) is 1. The van der Waals surface area contributed by atoms with Gasteiger partial charge in [0.25, 0.3) is 0 Å². The van der Waals surface area contributed by atoms with Gasteiger partial charge in [0, 0.05) is 13.2 Å². The van der Waals surface area contributed by atoms with Crippen LogP contribution in [0.1, 0.15) is 6.42 Å². The van der Waals surface area contributed by atoms with E-state index in [4.69, 9.17) is 5.73 Å². The SMILES string of the molecule is COCC(N)CC(F)(F)F.Cl. The van der Waals surface area contributed by atoms with Gasteiger partial charge in [0.1, 0.15) is 0 Å². The summed E-state index contributed by atoms with van der Waals surface area (Å²) in [6.45, 7) is -0.0560. The largest absolute Gasteiger partial charge is 0.390 e. The first-order valence-electron chi connectivity index (χ1n) is 2.77. The molecular weight excluding hydrogens is 183 g/mol. The minimum Gasteiger partial charge on any atom is -0.383 e. The number of methoxy groups -OCH3 is 1. The Morgan fingerprint density at radius 1 is 1.45 bits per heavy atom. The van der Waals surface area contributed by atoms with E-state index < -0.39 is 18.6 Å². The first kappa shape index (κ1) is 13.6. The predicted octanol–water partition coefficient (Wildman–Crippen LogP) is 1.33. The lowest BCUT2D eigenvalue weighted by Crippen LogP contribution is -2.31. The second-order valence-electron chi connectivity index (χ2n) is 2.03. The van der Waals surface area contributed by atoms with Gasteiger partial charge in [-0.3, -0.25) is 0 Å². The predicted molar refractivity (Wildman–Crippen MR) is 37.8 cm³/mol. The van der Waals surface area contributed by atoms with E-state index in [0.717, 1.165) is 0 Å². The first-order valence-corrected chi connectivity index (χ1v) is 2.77. The molecule has 0 aliphatic carbocycles. The monoisotopic (exact) mass is 193 g/mol. The molecule has 0 bridgehead atoms. The van der Waals surface area contributed by atoms with Crippen LogP contribution in [0.25, 0.3) is 0 Å². The van der Waals surface area contributed by atoms with Gasteiger partial charge >= 0.3 is 6.18 Å². The molecule has 0 amide bonds. The summed E-state index contributed by atoms with van der Waals surface area (Å²) in [5, 5.41) is 0. The van der Waals surface area contributed by atoms with Gasteiger partial charge in [0.2, 0.25) is 0 Å². The first-order chi connectivity index (χ1) is 4.45. The molecule has 0 aromatic carbocycles. The Morgan fingerprint density at radius 3 is 2.18 bits per heavy atom. The Morgan fingerprint density at radius 2 is 1.91 bits per heavy atom.